The predicted octanol–water partition coefficient (Wildman–Crippen LogP) is 4.00. The Morgan fingerprint density at radius 1 is 1.07 bits per heavy atom. The number of anilines is 1. The molecule has 2 aromatic rings. The van der Waals surface area contributed by atoms with E-state index in [-0.39, 0.29) is 28.2 Å². The Bertz CT molecular complexity index is 979. The number of hydrogen-bond donors (Lipinski definition) is 2. The van der Waals surface area contributed by atoms with Gasteiger partial charge in [-0.2, -0.15) is 0 Å². The zero-order chi connectivity index (χ0) is 21.6. The number of rotatable bonds is 9. The van der Waals surface area contributed by atoms with Crippen molar-refractivity contribution >= 4 is 33.2 Å². The van der Waals surface area contributed by atoms with Crippen molar-refractivity contribution in [3.8, 4) is 11.5 Å². The molecule has 2 N–H and O–H groups in total. The average molecular weight is 441 g/mol. The molecule has 0 saturated heterocycles. The van der Waals surface area contributed by atoms with Crippen LogP contribution < -0.4 is 19.5 Å². The van der Waals surface area contributed by atoms with E-state index in [0.717, 1.165) is 11.8 Å². The van der Waals surface area contributed by atoms with E-state index in [9.17, 15) is 13.2 Å². The number of halogens is 1. The van der Waals surface area contributed by atoms with Gasteiger partial charge in [0.25, 0.3) is 5.91 Å². The highest BCUT2D eigenvalue weighted by molar-refractivity contribution is 7.92. The number of nitrogens with one attached hydrogen (secondary N) is 2. The van der Waals surface area contributed by atoms with Crippen molar-refractivity contribution < 1.29 is 22.7 Å². The normalized spacial score (nSPS) is 12.2. The molecule has 0 bridgehead atoms. The quantitative estimate of drug-likeness (QED) is 0.614. The van der Waals surface area contributed by atoms with Crippen molar-refractivity contribution in [2.45, 2.75) is 26.8 Å². The molecule has 0 unspecified atom stereocenters. The fourth-order valence-corrected chi connectivity index (χ4v) is 3.49. The van der Waals surface area contributed by atoms with Crippen LogP contribution in [0.2, 0.25) is 5.02 Å². The summed E-state index contributed by atoms with van der Waals surface area (Å²) in [6, 6.07) is 9.54. The van der Waals surface area contributed by atoms with Crippen molar-refractivity contribution in [3.05, 3.63) is 52.5 Å². The van der Waals surface area contributed by atoms with E-state index in [1.807, 2.05) is 39.0 Å². The molecule has 1 amide bonds. The lowest BCUT2D eigenvalue weighted by Gasteiger charge is -2.18. The minimum Gasteiger partial charge on any atom is -0.490 e. The number of amides is 1. The third-order valence-electron chi connectivity index (χ3n) is 3.93. The van der Waals surface area contributed by atoms with Gasteiger partial charge in [-0.1, -0.05) is 17.7 Å². The minimum absolute atomic E-state index is 0.144. The van der Waals surface area contributed by atoms with Gasteiger partial charge in [0.1, 0.15) is 0 Å². The third kappa shape index (κ3) is 6.54. The maximum absolute atomic E-state index is 12.6. The molecule has 0 radical (unpaired) electrons. The zero-order valence-electron chi connectivity index (χ0n) is 16.8. The average Bonchev–Trinajstić information content (AvgIpc) is 2.62. The summed E-state index contributed by atoms with van der Waals surface area (Å²) >= 11 is 6.17. The molecular weight excluding hydrogens is 416 g/mol. The molecular formula is C20H25ClN2O5S. The number of benzene rings is 2. The summed E-state index contributed by atoms with van der Waals surface area (Å²) in [6.07, 6.45) is 1.04. The number of sulfonamides is 1. The van der Waals surface area contributed by atoms with Gasteiger partial charge >= 0.3 is 0 Å². The van der Waals surface area contributed by atoms with E-state index in [1.165, 1.54) is 18.2 Å². The smallest absolute Gasteiger partial charge is 0.253 e. The van der Waals surface area contributed by atoms with Crippen LogP contribution in [0.1, 0.15) is 42.7 Å². The summed E-state index contributed by atoms with van der Waals surface area (Å²) in [5.41, 5.74) is 1.38. The summed E-state index contributed by atoms with van der Waals surface area (Å²) in [5.74, 6) is 0.885. The topological polar surface area (TPSA) is 93.7 Å². The summed E-state index contributed by atoms with van der Waals surface area (Å²) in [6.45, 7) is 6.64. The second-order valence-corrected chi connectivity index (χ2v) is 8.49. The highest BCUT2D eigenvalue weighted by Crippen LogP contribution is 2.31. The highest BCUT2D eigenvalue weighted by Gasteiger charge is 2.17. The Balaban J connectivity index is 2.17. The lowest BCUT2D eigenvalue weighted by atomic mass is 10.1. The molecule has 0 heterocycles. The largest absolute Gasteiger partial charge is 0.490 e. The molecule has 2 aromatic carbocycles. The van der Waals surface area contributed by atoms with E-state index in [2.05, 4.69) is 10.0 Å². The van der Waals surface area contributed by atoms with E-state index >= 15 is 0 Å². The second kappa shape index (κ2) is 9.84. The van der Waals surface area contributed by atoms with E-state index in [4.69, 9.17) is 21.1 Å². The van der Waals surface area contributed by atoms with E-state index in [1.54, 1.807) is 0 Å². The maximum atomic E-state index is 12.6. The Kier molecular flexibility index (Phi) is 7.75. The molecule has 158 valence electrons. The molecule has 0 saturated carbocycles. The zero-order valence-corrected chi connectivity index (χ0v) is 18.4. The molecule has 0 aliphatic rings. The molecule has 0 fully saturated rings. The summed E-state index contributed by atoms with van der Waals surface area (Å²) in [7, 11) is -3.43. The number of carbonyl (C=O) groups excluding carboxylic acids is 1. The number of hydrogen-bond acceptors (Lipinski definition) is 5. The molecule has 1 atom stereocenters. The van der Waals surface area contributed by atoms with Gasteiger partial charge in [0.2, 0.25) is 10.0 Å². The number of carbonyl (C=O) groups is 1. The van der Waals surface area contributed by atoms with Gasteiger partial charge in [0, 0.05) is 5.69 Å². The first kappa shape index (κ1) is 22.8. The van der Waals surface area contributed by atoms with Gasteiger partial charge < -0.3 is 14.8 Å². The molecule has 29 heavy (non-hydrogen) atoms. The fraction of sp³-hybridized carbons (Fsp3) is 0.350. The van der Waals surface area contributed by atoms with Gasteiger partial charge in [0.05, 0.1) is 36.1 Å². The van der Waals surface area contributed by atoms with Gasteiger partial charge in [0.15, 0.2) is 11.5 Å². The first-order chi connectivity index (χ1) is 13.6. The Hall–Kier alpha value is -2.45. The predicted molar refractivity (Wildman–Crippen MR) is 115 cm³/mol. The molecule has 7 nitrogen and oxygen atoms in total. The van der Waals surface area contributed by atoms with Gasteiger partial charge in [-0.05, 0) is 56.7 Å². The molecule has 0 aliphatic carbocycles. The molecule has 0 aromatic heterocycles. The summed E-state index contributed by atoms with van der Waals surface area (Å²) in [5, 5.41) is 3.03. The van der Waals surface area contributed by atoms with Gasteiger partial charge in [-0.15, -0.1) is 0 Å². The number of ether oxygens (including phenoxy) is 2. The minimum atomic E-state index is -3.43. The van der Waals surface area contributed by atoms with Crippen LogP contribution in [0.4, 0.5) is 5.69 Å². The van der Waals surface area contributed by atoms with E-state index < -0.39 is 10.0 Å². The Labute approximate surface area is 176 Å². The lowest BCUT2D eigenvalue weighted by Crippen LogP contribution is -2.27. The van der Waals surface area contributed by atoms with Crippen LogP contribution in [0.3, 0.4) is 0 Å². The van der Waals surface area contributed by atoms with Crippen molar-refractivity contribution in [3.63, 3.8) is 0 Å². The lowest BCUT2D eigenvalue weighted by molar-refractivity contribution is 0.0940. The highest BCUT2D eigenvalue weighted by atomic mass is 35.5. The van der Waals surface area contributed by atoms with E-state index in [0.29, 0.717) is 24.7 Å². The molecule has 0 spiro atoms. The molecule has 2 rings (SSSR count). The third-order valence-corrected chi connectivity index (χ3v) is 4.85. The van der Waals surface area contributed by atoms with Crippen molar-refractivity contribution in [2.24, 2.45) is 0 Å². The van der Waals surface area contributed by atoms with Crippen molar-refractivity contribution in [2.75, 3.05) is 24.2 Å². The van der Waals surface area contributed by atoms with Crippen LogP contribution in [0.5, 0.6) is 11.5 Å². The van der Waals surface area contributed by atoms with Crippen LogP contribution in [0, 0.1) is 0 Å². The van der Waals surface area contributed by atoms with Gasteiger partial charge in [-0.25, -0.2) is 8.42 Å². The first-order valence-corrected chi connectivity index (χ1v) is 11.4. The SMILES string of the molecule is CCOc1ccc([C@H](C)NC(=O)c2ccc(NS(C)(=O)=O)cc2Cl)cc1OCC. The van der Waals surface area contributed by atoms with Crippen LogP contribution in [0.15, 0.2) is 36.4 Å². The van der Waals surface area contributed by atoms with Gasteiger partial charge in [-0.3, -0.25) is 9.52 Å². The van der Waals surface area contributed by atoms with Crippen LogP contribution in [-0.2, 0) is 10.0 Å². The Morgan fingerprint density at radius 2 is 1.72 bits per heavy atom. The standard InChI is InChI=1S/C20H25ClN2O5S/c1-5-27-18-10-7-14(11-19(18)28-6-2)13(3)22-20(24)16-9-8-15(12-17(16)21)23-29(4,25)26/h7-13,23H,5-6H2,1-4H3,(H,22,24)/t13-/m0/s1. The second-order valence-electron chi connectivity index (χ2n) is 6.34. The van der Waals surface area contributed by atoms with Crippen LogP contribution in [0.25, 0.3) is 0 Å². The molecule has 0 aliphatic heterocycles. The summed E-state index contributed by atoms with van der Waals surface area (Å²) in [4.78, 5) is 12.6. The van der Waals surface area contributed by atoms with Crippen LogP contribution >= 0.6 is 11.6 Å². The van der Waals surface area contributed by atoms with Crippen LogP contribution in [-0.4, -0.2) is 33.8 Å². The fourth-order valence-electron chi connectivity index (χ4n) is 2.67. The van der Waals surface area contributed by atoms with Crippen molar-refractivity contribution in [1.29, 1.82) is 0 Å². The first-order valence-electron chi connectivity index (χ1n) is 9.12. The molecule has 9 heteroatoms. The Morgan fingerprint density at radius 3 is 2.31 bits per heavy atom. The monoisotopic (exact) mass is 440 g/mol. The maximum Gasteiger partial charge on any atom is 0.253 e. The van der Waals surface area contributed by atoms with Crippen molar-refractivity contribution in [1.82, 2.24) is 5.32 Å². The summed E-state index contributed by atoms with van der Waals surface area (Å²) < 4.78 is 36.1.